The molecule has 3 nitrogen and oxygen atoms in total. The van der Waals surface area contributed by atoms with Crippen molar-refractivity contribution in [1.29, 1.82) is 0 Å². The van der Waals surface area contributed by atoms with E-state index in [1.165, 1.54) is 5.56 Å². The van der Waals surface area contributed by atoms with Crippen molar-refractivity contribution in [2.45, 2.75) is 20.8 Å². The van der Waals surface area contributed by atoms with Crippen LogP contribution >= 0.6 is 7.60 Å². The quantitative estimate of drug-likeness (QED) is 0.692. The molecule has 0 amide bonds. The lowest BCUT2D eigenvalue weighted by atomic mass is 10.1. The van der Waals surface area contributed by atoms with Crippen LogP contribution in [-0.4, -0.2) is 19.4 Å². The predicted molar refractivity (Wildman–Crippen MR) is 75.9 cm³/mol. The highest BCUT2D eigenvalue weighted by atomic mass is 31.2. The third-order valence-corrected chi connectivity index (χ3v) is 4.33. The minimum absolute atomic E-state index is 0.308. The van der Waals surface area contributed by atoms with Crippen LogP contribution in [0.5, 0.6) is 0 Å². The van der Waals surface area contributed by atoms with Crippen LogP contribution in [-0.2, 0) is 13.6 Å². The van der Waals surface area contributed by atoms with Crippen molar-refractivity contribution < 1.29 is 13.6 Å². The highest BCUT2D eigenvalue weighted by Gasteiger charge is 2.20. The fraction of sp³-hybridized carbons (Fsp3) is 0.429. The van der Waals surface area contributed by atoms with E-state index < -0.39 is 7.60 Å². The van der Waals surface area contributed by atoms with E-state index in [-0.39, 0.29) is 0 Å². The normalized spacial score (nSPS) is 12.2. The molecule has 4 heteroatoms. The molecule has 0 aliphatic heterocycles. The minimum atomic E-state index is -2.95. The molecule has 0 heterocycles. The molecule has 18 heavy (non-hydrogen) atoms. The SMILES string of the molecule is CCOP(=O)(CC=Cc1ccc(C)cc1)OCC. The van der Waals surface area contributed by atoms with E-state index in [4.69, 9.17) is 9.05 Å². The first kappa shape index (κ1) is 15.2. The molecule has 0 radical (unpaired) electrons. The van der Waals surface area contributed by atoms with Gasteiger partial charge in [-0.3, -0.25) is 4.57 Å². The summed E-state index contributed by atoms with van der Waals surface area (Å²) in [5.41, 5.74) is 2.31. The van der Waals surface area contributed by atoms with E-state index in [0.29, 0.717) is 19.4 Å². The molecular weight excluding hydrogens is 247 g/mol. The summed E-state index contributed by atoms with van der Waals surface area (Å²) in [6, 6.07) is 8.14. The molecule has 0 saturated heterocycles. The second-order valence-electron chi connectivity index (χ2n) is 3.94. The van der Waals surface area contributed by atoms with Crippen LogP contribution < -0.4 is 0 Å². The van der Waals surface area contributed by atoms with Gasteiger partial charge in [0.2, 0.25) is 0 Å². The van der Waals surface area contributed by atoms with Gasteiger partial charge in [-0.15, -0.1) is 0 Å². The second-order valence-corrected chi connectivity index (χ2v) is 6.05. The van der Waals surface area contributed by atoms with Crippen LogP contribution in [0.15, 0.2) is 30.3 Å². The number of aryl methyl sites for hydroxylation is 1. The van der Waals surface area contributed by atoms with Crippen LogP contribution in [0.3, 0.4) is 0 Å². The Morgan fingerprint density at radius 3 is 2.17 bits per heavy atom. The first-order valence-electron chi connectivity index (χ1n) is 6.21. The number of allylic oxidation sites excluding steroid dienone is 1. The van der Waals surface area contributed by atoms with Gasteiger partial charge in [-0.05, 0) is 26.3 Å². The van der Waals surface area contributed by atoms with E-state index in [2.05, 4.69) is 0 Å². The molecule has 100 valence electrons. The zero-order chi connectivity index (χ0) is 13.4. The molecule has 0 atom stereocenters. The Bertz CT molecular complexity index is 413. The lowest BCUT2D eigenvalue weighted by Gasteiger charge is -2.14. The highest BCUT2D eigenvalue weighted by Crippen LogP contribution is 2.47. The van der Waals surface area contributed by atoms with Crippen LogP contribution in [0.2, 0.25) is 0 Å². The second kappa shape index (κ2) is 7.52. The average molecular weight is 268 g/mol. The molecule has 0 N–H and O–H groups in total. The summed E-state index contributed by atoms with van der Waals surface area (Å²) >= 11 is 0. The van der Waals surface area contributed by atoms with Gasteiger partial charge in [0.15, 0.2) is 0 Å². The van der Waals surface area contributed by atoms with Crippen LogP contribution in [0.4, 0.5) is 0 Å². The van der Waals surface area contributed by atoms with Crippen molar-refractivity contribution in [1.82, 2.24) is 0 Å². The van der Waals surface area contributed by atoms with Crippen molar-refractivity contribution in [2.24, 2.45) is 0 Å². The van der Waals surface area contributed by atoms with Gasteiger partial charge in [0, 0.05) is 0 Å². The van der Waals surface area contributed by atoms with Gasteiger partial charge in [0.05, 0.1) is 19.4 Å². The van der Waals surface area contributed by atoms with Gasteiger partial charge in [0.1, 0.15) is 0 Å². The third kappa shape index (κ3) is 5.18. The molecule has 0 aliphatic carbocycles. The van der Waals surface area contributed by atoms with Crippen LogP contribution in [0.25, 0.3) is 6.08 Å². The van der Waals surface area contributed by atoms with Crippen LogP contribution in [0, 0.1) is 6.92 Å². The number of hydrogen-bond acceptors (Lipinski definition) is 3. The average Bonchev–Trinajstić information content (AvgIpc) is 2.32. The van der Waals surface area contributed by atoms with Crippen molar-refractivity contribution in [2.75, 3.05) is 19.4 Å². The summed E-state index contributed by atoms with van der Waals surface area (Å²) in [6.07, 6.45) is 4.09. The van der Waals surface area contributed by atoms with Gasteiger partial charge < -0.3 is 9.05 Å². The molecule has 1 aromatic carbocycles. The molecule has 0 aromatic heterocycles. The summed E-state index contributed by atoms with van der Waals surface area (Å²) in [5, 5.41) is 0. The maximum atomic E-state index is 12.2. The molecule has 1 aromatic rings. The first-order valence-corrected chi connectivity index (χ1v) is 7.94. The molecule has 0 bridgehead atoms. The highest BCUT2D eigenvalue weighted by molar-refractivity contribution is 7.54. The summed E-state index contributed by atoms with van der Waals surface area (Å²) in [7, 11) is -2.95. The van der Waals surface area contributed by atoms with Gasteiger partial charge >= 0.3 is 7.60 Å². The fourth-order valence-corrected chi connectivity index (χ4v) is 2.97. The Balaban J connectivity index is 2.61. The Morgan fingerprint density at radius 1 is 1.11 bits per heavy atom. The largest absolute Gasteiger partial charge is 0.334 e. The van der Waals surface area contributed by atoms with Gasteiger partial charge in [-0.2, -0.15) is 0 Å². The zero-order valence-electron chi connectivity index (χ0n) is 11.3. The Labute approximate surface area is 109 Å². The molecular formula is C14H21O3P. The molecule has 0 aliphatic rings. The van der Waals surface area contributed by atoms with E-state index >= 15 is 0 Å². The van der Waals surface area contributed by atoms with E-state index in [0.717, 1.165) is 5.56 Å². The standard InChI is InChI=1S/C14H21O3P/c1-4-16-18(15,17-5-2)12-6-7-14-10-8-13(3)9-11-14/h6-11H,4-5,12H2,1-3H3. The first-order chi connectivity index (χ1) is 8.59. The van der Waals surface area contributed by atoms with Crippen molar-refractivity contribution >= 4 is 13.7 Å². The number of rotatable bonds is 7. The predicted octanol–water partition coefficient (Wildman–Crippen LogP) is 4.27. The maximum absolute atomic E-state index is 12.2. The van der Waals surface area contributed by atoms with Crippen molar-refractivity contribution in [3.8, 4) is 0 Å². The molecule has 0 fully saturated rings. The number of hydrogen-bond donors (Lipinski definition) is 0. The molecule has 0 unspecified atom stereocenters. The van der Waals surface area contributed by atoms with Gasteiger partial charge in [-0.1, -0.05) is 42.0 Å². The summed E-state index contributed by atoms with van der Waals surface area (Å²) in [5.74, 6) is 0. The van der Waals surface area contributed by atoms with Gasteiger partial charge in [0.25, 0.3) is 0 Å². The maximum Gasteiger partial charge on any atom is 0.334 e. The smallest absolute Gasteiger partial charge is 0.309 e. The van der Waals surface area contributed by atoms with Crippen LogP contribution in [0.1, 0.15) is 25.0 Å². The third-order valence-electron chi connectivity index (χ3n) is 2.37. The van der Waals surface area contributed by atoms with E-state index in [1.807, 2.05) is 57.2 Å². The zero-order valence-corrected chi connectivity index (χ0v) is 12.2. The Kier molecular flexibility index (Phi) is 6.34. The lowest BCUT2D eigenvalue weighted by Crippen LogP contribution is -1.98. The molecule has 1 rings (SSSR count). The number of benzene rings is 1. The van der Waals surface area contributed by atoms with E-state index in [9.17, 15) is 4.57 Å². The summed E-state index contributed by atoms with van der Waals surface area (Å²) < 4.78 is 22.6. The van der Waals surface area contributed by atoms with Crippen molar-refractivity contribution in [3.05, 3.63) is 41.5 Å². The monoisotopic (exact) mass is 268 g/mol. The minimum Gasteiger partial charge on any atom is -0.309 e. The Morgan fingerprint density at radius 2 is 1.67 bits per heavy atom. The van der Waals surface area contributed by atoms with E-state index in [1.54, 1.807) is 0 Å². The Hall–Kier alpha value is -0.890. The molecule has 0 spiro atoms. The lowest BCUT2D eigenvalue weighted by molar-refractivity contribution is 0.222. The van der Waals surface area contributed by atoms with Crippen molar-refractivity contribution in [3.63, 3.8) is 0 Å². The fourth-order valence-electron chi connectivity index (χ4n) is 1.53. The summed E-state index contributed by atoms with van der Waals surface area (Å²) in [6.45, 7) is 6.47. The van der Waals surface area contributed by atoms with Gasteiger partial charge in [-0.25, -0.2) is 0 Å². The topological polar surface area (TPSA) is 35.5 Å². The molecule has 0 saturated carbocycles. The summed E-state index contributed by atoms with van der Waals surface area (Å²) in [4.78, 5) is 0.